The van der Waals surface area contributed by atoms with Gasteiger partial charge in [-0.2, -0.15) is 5.26 Å². The molecule has 0 aliphatic heterocycles. The molecular weight excluding hydrogens is 240 g/mol. The molecule has 2 rings (SSSR count). The third-order valence-corrected chi connectivity index (χ3v) is 2.45. The lowest BCUT2D eigenvalue weighted by molar-refractivity contribution is 0.340. The van der Waals surface area contributed by atoms with Crippen molar-refractivity contribution >= 4 is 17.2 Å². The first-order valence-corrected chi connectivity index (χ1v) is 5.88. The van der Waals surface area contributed by atoms with Gasteiger partial charge in [0.25, 0.3) is 0 Å². The summed E-state index contributed by atoms with van der Waals surface area (Å²) in [5.41, 5.74) is 7.53. The Morgan fingerprint density at radius 3 is 2.95 bits per heavy atom. The van der Waals surface area contributed by atoms with E-state index in [9.17, 15) is 0 Å². The van der Waals surface area contributed by atoms with E-state index >= 15 is 0 Å². The Balaban J connectivity index is 2.21. The molecule has 0 amide bonds. The molecule has 0 aliphatic rings. The highest BCUT2D eigenvalue weighted by Gasteiger charge is 2.03. The van der Waals surface area contributed by atoms with Gasteiger partial charge >= 0.3 is 0 Å². The maximum atomic E-state index is 8.76. The zero-order valence-corrected chi connectivity index (χ0v) is 10.6. The van der Waals surface area contributed by atoms with Crippen molar-refractivity contribution in [1.82, 2.24) is 4.98 Å². The Labute approximate surface area is 111 Å². The number of anilines is 3. The SMILES string of the molecule is CCOc1cccc(Nc2ncc(C#N)cc2N)c1. The summed E-state index contributed by atoms with van der Waals surface area (Å²) in [4.78, 5) is 4.12. The molecule has 5 nitrogen and oxygen atoms in total. The van der Waals surface area contributed by atoms with E-state index in [4.69, 9.17) is 15.7 Å². The van der Waals surface area contributed by atoms with Gasteiger partial charge in [-0.1, -0.05) is 6.07 Å². The Kier molecular flexibility index (Phi) is 3.84. The smallest absolute Gasteiger partial charge is 0.153 e. The summed E-state index contributed by atoms with van der Waals surface area (Å²) in [5, 5.41) is 11.9. The molecule has 0 spiro atoms. The van der Waals surface area contributed by atoms with E-state index in [2.05, 4.69) is 10.3 Å². The number of benzene rings is 1. The molecule has 0 saturated heterocycles. The summed E-state index contributed by atoms with van der Waals surface area (Å²) in [7, 11) is 0. The number of nitrogens with two attached hydrogens (primary N) is 1. The van der Waals surface area contributed by atoms with E-state index in [1.807, 2.05) is 37.3 Å². The summed E-state index contributed by atoms with van der Waals surface area (Å²) in [6, 6.07) is 11.1. The van der Waals surface area contributed by atoms with Crippen LogP contribution in [-0.2, 0) is 0 Å². The fourth-order valence-electron chi connectivity index (χ4n) is 1.61. The standard InChI is InChI=1S/C14H14N4O/c1-2-19-12-5-3-4-11(7-12)18-14-13(16)6-10(8-15)9-17-14/h3-7,9H,2,16H2,1H3,(H,17,18). The zero-order chi connectivity index (χ0) is 13.7. The fraction of sp³-hybridized carbons (Fsp3) is 0.143. The third kappa shape index (κ3) is 3.13. The van der Waals surface area contributed by atoms with Crippen molar-refractivity contribution in [3.05, 3.63) is 42.1 Å². The molecule has 0 atom stereocenters. The number of aromatic nitrogens is 1. The highest BCUT2D eigenvalue weighted by atomic mass is 16.5. The molecule has 0 radical (unpaired) electrons. The molecule has 0 bridgehead atoms. The van der Waals surface area contributed by atoms with Gasteiger partial charge in [0.1, 0.15) is 11.8 Å². The van der Waals surface area contributed by atoms with Crippen LogP contribution in [0.25, 0.3) is 0 Å². The molecule has 1 aromatic carbocycles. The van der Waals surface area contributed by atoms with E-state index in [1.54, 1.807) is 6.07 Å². The molecule has 1 heterocycles. The molecule has 3 N–H and O–H groups in total. The van der Waals surface area contributed by atoms with E-state index in [-0.39, 0.29) is 0 Å². The normalized spacial score (nSPS) is 9.68. The molecular formula is C14H14N4O. The van der Waals surface area contributed by atoms with E-state index in [0.717, 1.165) is 11.4 Å². The van der Waals surface area contributed by atoms with Gasteiger partial charge in [-0.05, 0) is 25.1 Å². The first kappa shape index (κ1) is 12.7. The van der Waals surface area contributed by atoms with Crippen LogP contribution in [0.5, 0.6) is 5.75 Å². The van der Waals surface area contributed by atoms with Crippen molar-refractivity contribution in [1.29, 1.82) is 5.26 Å². The summed E-state index contributed by atoms with van der Waals surface area (Å²) in [6.07, 6.45) is 1.48. The van der Waals surface area contributed by atoms with Gasteiger partial charge in [0.2, 0.25) is 0 Å². The first-order chi connectivity index (χ1) is 9.22. The second-order valence-corrected chi connectivity index (χ2v) is 3.86. The van der Waals surface area contributed by atoms with Crippen molar-refractivity contribution in [3.8, 4) is 11.8 Å². The van der Waals surface area contributed by atoms with Crippen LogP contribution in [0.1, 0.15) is 12.5 Å². The van der Waals surface area contributed by atoms with Crippen molar-refractivity contribution in [2.24, 2.45) is 0 Å². The fourth-order valence-corrected chi connectivity index (χ4v) is 1.61. The van der Waals surface area contributed by atoms with Gasteiger partial charge in [0, 0.05) is 18.0 Å². The number of hydrogen-bond donors (Lipinski definition) is 2. The number of ether oxygens (including phenoxy) is 1. The van der Waals surface area contributed by atoms with Crippen LogP contribution in [0.3, 0.4) is 0 Å². The number of nitrogens with zero attached hydrogens (tertiary/aromatic N) is 2. The Morgan fingerprint density at radius 2 is 2.26 bits per heavy atom. The van der Waals surface area contributed by atoms with Crippen LogP contribution in [0, 0.1) is 11.3 Å². The Hall–Kier alpha value is -2.74. The van der Waals surface area contributed by atoms with Gasteiger partial charge in [-0.25, -0.2) is 4.98 Å². The lowest BCUT2D eigenvalue weighted by Gasteiger charge is -2.10. The summed E-state index contributed by atoms with van der Waals surface area (Å²) < 4.78 is 5.42. The average Bonchev–Trinajstić information content (AvgIpc) is 2.42. The van der Waals surface area contributed by atoms with E-state index in [0.29, 0.717) is 23.7 Å². The van der Waals surface area contributed by atoms with Gasteiger partial charge in [0.15, 0.2) is 5.82 Å². The minimum absolute atomic E-state index is 0.431. The van der Waals surface area contributed by atoms with Crippen LogP contribution in [0.2, 0.25) is 0 Å². The number of pyridine rings is 1. The number of rotatable bonds is 4. The van der Waals surface area contributed by atoms with Crippen molar-refractivity contribution in [2.75, 3.05) is 17.7 Å². The lowest BCUT2D eigenvalue weighted by atomic mass is 10.2. The van der Waals surface area contributed by atoms with Crippen LogP contribution in [0.15, 0.2) is 36.5 Å². The van der Waals surface area contributed by atoms with Crippen LogP contribution in [0.4, 0.5) is 17.2 Å². The molecule has 1 aromatic heterocycles. The maximum Gasteiger partial charge on any atom is 0.153 e. The second-order valence-electron chi connectivity index (χ2n) is 3.86. The zero-order valence-electron chi connectivity index (χ0n) is 10.6. The molecule has 19 heavy (non-hydrogen) atoms. The number of nitrogen functional groups attached to an aromatic ring is 1. The summed E-state index contributed by atoms with van der Waals surface area (Å²) >= 11 is 0. The van der Waals surface area contributed by atoms with Crippen LogP contribution in [-0.4, -0.2) is 11.6 Å². The maximum absolute atomic E-state index is 8.76. The summed E-state index contributed by atoms with van der Waals surface area (Å²) in [6.45, 7) is 2.54. The Morgan fingerprint density at radius 1 is 1.42 bits per heavy atom. The highest BCUT2D eigenvalue weighted by molar-refractivity contribution is 5.70. The van der Waals surface area contributed by atoms with Gasteiger partial charge in [0.05, 0.1) is 17.9 Å². The minimum atomic E-state index is 0.431. The van der Waals surface area contributed by atoms with Gasteiger partial charge in [-0.3, -0.25) is 0 Å². The average molecular weight is 254 g/mol. The predicted octanol–water partition coefficient (Wildman–Crippen LogP) is 2.68. The van der Waals surface area contributed by atoms with Gasteiger partial charge < -0.3 is 15.8 Å². The van der Waals surface area contributed by atoms with Crippen molar-refractivity contribution in [2.45, 2.75) is 6.92 Å². The summed E-state index contributed by atoms with van der Waals surface area (Å²) in [5.74, 6) is 1.30. The lowest BCUT2D eigenvalue weighted by Crippen LogP contribution is -2.00. The van der Waals surface area contributed by atoms with E-state index in [1.165, 1.54) is 6.20 Å². The number of nitriles is 1. The van der Waals surface area contributed by atoms with Crippen molar-refractivity contribution in [3.63, 3.8) is 0 Å². The third-order valence-electron chi connectivity index (χ3n) is 2.45. The molecule has 5 heteroatoms. The molecule has 96 valence electrons. The molecule has 2 aromatic rings. The topological polar surface area (TPSA) is 84.0 Å². The van der Waals surface area contributed by atoms with Crippen molar-refractivity contribution < 1.29 is 4.74 Å². The molecule has 0 fully saturated rings. The van der Waals surface area contributed by atoms with Crippen LogP contribution >= 0.6 is 0 Å². The Bertz CT molecular complexity index is 619. The largest absolute Gasteiger partial charge is 0.494 e. The molecule has 0 saturated carbocycles. The quantitative estimate of drug-likeness (QED) is 0.876. The van der Waals surface area contributed by atoms with Crippen LogP contribution < -0.4 is 15.8 Å². The molecule has 0 aliphatic carbocycles. The predicted molar refractivity (Wildman–Crippen MR) is 74.3 cm³/mol. The monoisotopic (exact) mass is 254 g/mol. The van der Waals surface area contributed by atoms with E-state index < -0.39 is 0 Å². The number of nitrogens with one attached hydrogen (secondary N) is 1. The number of hydrogen-bond acceptors (Lipinski definition) is 5. The highest BCUT2D eigenvalue weighted by Crippen LogP contribution is 2.24. The van der Waals surface area contributed by atoms with Gasteiger partial charge in [-0.15, -0.1) is 0 Å². The molecule has 0 unspecified atom stereocenters. The second kappa shape index (κ2) is 5.74. The minimum Gasteiger partial charge on any atom is -0.494 e. The first-order valence-electron chi connectivity index (χ1n) is 5.88.